The summed E-state index contributed by atoms with van der Waals surface area (Å²) in [4.78, 5) is 35.3. The highest BCUT2D eigenvalue weighted by atomic mass is 31.2. The average molecular weight is 789 g/mol. The molecule has 0 amide bonds. The summed E-state index contributed by atoms with van der Waals surface area (Å²) in [6.07, 6.45) is 38.3. The highest BCUT2D eigenvalue weighted by molar-refractivity contribution is 7.47. The van der Waals surface area contributed by atoms with Gasteiger partial charge in [0.25, 0.3) is 0 Å². The number of rotatable bonds is 41. The van der Waals surface area contributed by atoms with Gasteiger partial charge in [0.15, 0.2) is 6.10 Å². The van der Waals surface area contributed by atoms with Crippen molar-refractivity contribution in [3.63, 3.8) is 0 Å². The molecule has 9 nitrogen and oxygen atoms in total. The van der Waals surface area contributed by atoms with Crippen LogP contribution in [0, 0.1) is 0 Å². The molecule has 0 rings (SSSR count). The summed E-state index contributed by atoms with van der Waals surface area (Å²) in [5, 5.41) is 0. The molecule has 54 heavy (non-hydrogen) atoms. The van der Waals surface area contributed by atoms with Crippen LogP contribution in [0.3, 0.4) is 0 Å². The van der Waals surface area contributed by atoms with Crippen molar-refractivity contribution in [3.05, 3.63) is 12.2 Å². The Morgan fingerprint density at radius 1 is 0.556 bits per heavy atom. The Morgan fingerprint density at radius 3 is 1.41 bits per heavy atom. The minimum atomic E-state index is -4.37. The molecule has 0 aliphatic carbocycles. The van der Waals surface area contributed by atoms with Crippen molar-refractivity contribution in [2.24, 2.45) is 0 Å². The summed E-state index contributed by atoms with van der Waals surface area (Å²) in [6, 6.07) is 0. The molecule has 2 atom stereocenters. The third-order valence-electron chi connectivity index (χ3n) is 9.80. The number of phosphoric acid groups is 1. The zero-order valence-electron chi connectivity index (χ0n) is 36.0. The Labute approximate surface area is 333 Å². The third-order valence-corrected chi connectivity index (χ3v) is 10.8. The second-order valence-corrected chi connectivity index (χ2v) is 17.9. The van der Waals surface area contributed by atoms with E-state index >= 15 is 0 Å². The normalized spacial score (nSPS) is 13.7. The van der Waals surface area contributed by atoms with E-state index < -0.39 is 26.5 Å². The average Bonchev–Trinajstić information content (AvgIpc) is 3.12. The number of unbranched alkanes of at least 4 members (excludes halogenated alkanes) is 25. The number of likely N-dealkylation sites (N-methyl/N-ethyl adjacent to an activating group) is 1. The lowest BCUT2D eigenvalue weighted by Crippen LogP contribution is -2.37. The maximum absolute atomic E-state index is 12.7. The SMILES string of the molecule is CCCCC/C=C/CCCCCCCC(=O)OC[C@H](COP(=O)(O)OCC[N+](C)(C)C)OC(=O)CCCCCCCCCCCCCCCCCCCC. The molecule has 0 radical (unpaired) electrons. The van der Waals surface area contributed by atoms with Gasteiger partial charge >= 0.3 is 19.8 Å². The Balaban J connectivity index is 4.30. The molecule has 0 saturated carbocycles. The van der Waals surface area contributed by atoms with E-state index in [1.807, 2.05) is 21.1 Å². The topological polar surface area (TPSA) is 108 Å². The van der Waals surface area contributed by atoms with E-state index in [9.17, 15) is 19.0 Å². The number of carbonyl (C=O) groups excluding carboxylic acids is 2. The van der Waals surface area contributed by atoms with E-state index in [-0.39, 0.29) is 32.0 Å². The van der Waals surface area contributed by atoms with Crippen LogP contribution < -0.4 is 0 Å². The van der Waals surface area contributed by atoms with Gasteiger partial charge in [0.1, 0.15) is 19.8 Å². The number of allylic oxidation sites excluding steroid dienone is 2. The summed E-state index contributed by atoms with van der Waals surface area (Å²) in [6.45, 7) is 4.41. The Bertz CT molecular complexity index is 938. The van der Waals surface area contributed by atoms with Crippen molar-refractivity contribution in [1.82, 2.24) is 0 Å². The summed E-state index contributed by atoms with van der Waals surface area (Å²) in [5.41, 5.74) is 0. The summed E-state index contributed by atoms with van der Waals surface area (Å²) < 4.78 is 34.3. The molecule has 10 heteroatoms. The van der Waals surface area contributed by atoms with Crippen molar-refractivity contribution < 1.29 is 42.1 Å². The number of esters is 2. The second-order valence-electron chi connectivity index (χ2n) is 16.4. The fraction of sp³-hybridized carbons (Fsp3) is 0.909. The Morgan fingerprint density at radius 2 is 0.944 bits per heavy atom. The second kappa shape index (κ2) is 37.3. The molecule has 0 aliphatic rings. The molecule has 0 aliphatic heterocycles. The lowest BCUT2D eigenvalue weighted by molar-refractivity contribution is -0.870. The number of quaternary nitrogens is 1. The first kappa shape index (κ1) is 52.8. The number of ether oxygens (including phenoxy) is 2. The molecule has 1 N–H and O–H groups in total. The fourth-order valence-corrected chi connectivity index (χ4v) is 6.99. The minimum absolute atomic E-state index is 0.0336. The van der Waals surface area contributed by atoms with E-state index in [4.69, 9.17) is 18.5 Å². The van der Waals surface area contributed by atoms with Gasteiger partial charge in [-0.15, -0.1) is 0 Å². The Hall–Kier alpha value is -1.25. The first-order valence-electron chi connectivity index (χ1n) is 22.4. The summed E-state index contributed by atoms with van der Waals surface area (Å²) in [5.74, 6) is -0.799. The van der Waals surface area contributed by atoms with E-state index in [1.54, 1.807) is 0 Å². The maximum Gasteiger partial charge on any atom is 0.472 e. The highest BCUT2D eigenvalue weighted by Crippen LogP contribution is 2.43. The van der Waals surface area contributed by atoms with Crippen molar-refractivity contribution >= 4 is 19.8 Å². The molecular formula is C44H87NO8P+. The quantitative estimate of drug-likeness (QED) is 0.0214. The van der Waals surface area contributed by atoms with Crippen LogP contribution in [0.25, 0.3) is 0 Å². The molecule has 0 heterocycles. The standard InChI is InChI=1S/C44H86NO8P/c1-6-8-10-12-14-16-18-20-21-22-23-24-25-27-29-31-33-35-37-44(47)53-42(41-52-54(48,49)51-39-38-45(3,4)5)40-50-43(46)36-34-32-30-28-26-19-17-15-13-11-9-7-2/h15,17,42H,6-14,16,18-41H2,1-5H3/p+1/b17-15+/t42-/m1/s1. The van der Waals surface area contributed by atoms with Gasteiger partial charge in [0, 0.05) is 12.8 Å². The number of hydrogen-bond acceptors (Lipinski definition) is 7. The van der Waals surface area contributed by atoms with E-state index in [2.05, 4.69) is 26.0 Å². The predicted molar refractivity (Wildman–Crippen MR) is 224 cm³/mol. The monoisotopic (exact) mass is 789 g/mol. The molecule has 0 aromatic rings. The van der Waals surface area contributed by atoms with Gasteiger partial charge in [-0.3, -0.25) is 18.6 Å². The van der Waals surface area contributed by atoms with Gasteiger partial charge in [0.2, 0.25) is 0 Å². The van der Waals surface area contributed by atoms with Gasteiger partial charge in [-0.05, 0) is 38.5 Å². The molecule has 0 saturated heterocycles. The van der Waals surface area contributed by atoms with Crippen molar-refractivity contribution in [1.29, 1.82) is 0 Å². The van der Waals surface area contributed by atoms with Crippen LogP contribution in [0.15, 0.2) is 12.2 Å². The zero-order chi connectivity index (χ0) is 40.0. The van der Waals surface area contributed by atoms with Crippen LogP contribution in [0.1, 0.15) is 206 Å². The lowest BCUT2D eigenvalue weighted by atomic mass is 10.0. The number of nitrogens with zero attached hydrogens (tertiary/aromatic N) is 1. The molecule has 0 spiro atoms. The van der Waals surface area contributed by atoms with Crippen LogP contribution in [0.5, 0.6) is 0 Å². The van der Waals surface area contributed by atoms with Crippen LogP contribution in [0.4, 0.5) is 0 Å². The van der Waals surface area contributed by atoms with Crippen molar-refractivity contribution in [2.45, 2.75) is 213 Å². The van der Waals surface area contributed by atoms with Gasteiger partial charge in [-0.2, -0.15) is 0 Å². The number of carbonyl (C=O) groups is 2. The molecular weight excluding hydrogens is 701 g/mol. The summed E-state index contributed by atoms with van der Waals surface area (Å²) in [7, 11) is 1.48. The molecule has 0 aromatic heterocycles. The van der Waals surface area contributed by atoms with Crippen molar-refractivity contribution in [2.75, 3.05) is 47.5 Å². The molecule has 0 bridgehead atoms. The molecule has 1 unspecified atom stereocenters. The number of phosphoric ester groups is 1. The third kappa shape index (κ3) is 40.4. The summed E-state index contributed by atoms with van der Waals surface area (Å²) >= 11 is 0. The van der Waals surface area contributed by atoms with Crippen LogP contribution in [0.2, 0.25) is 0 Å². The van der Waals surface area contributed by atoms with Crippen LogP contribution >= 0.6 is 7.82 Å². The van der Waals surface area contributed by atoms with E-state index in [0.717, 1.165) is 51.4 Å². The molecule has 0 fully saturated rings. The first-order chi connectivity index (χ1) is 26.0. The maximum atomic E-state index is 12.7. The fourth-order valence-electron chi connectivity index (χ4n) is 6.24. The zero-order valence-corrected chi connectivity index (χ0v) is 36.9. The highest BCUT2D eigenvalue weighted by Gasteiger charge is 2.27. The largest absolute Gasteiger partial charge is 0.472 e. The number of hydrogen-bond donors (Lipinski definition) is 1. The van der Waals surface area contributed by atoms with Gasteiger partial charge in [-0.1, -0.05) is 167 Å². The first-order valence-corrected chi connectivity index (χ1v) is 23.9. The predicted octanol–water partition coefficient (Wildman–Crippen LogP) is 12.6. The van der Waals surface area contributed by atoms with Gasteiger partial charge < -0.3 is 18.9 Å². The lowest BCUT2D eigenvalue weighted by Gasteiger charge is -2.24. The van der Waals surface area contributed by atoms with Crippen LogP contribution in [-0.2, 0) is 32.7 Å². The van der Waals surface area contributed by atoms with Crippen molar-refractivity contribution in [3.8, 4) is 0 Å². The van der Waals surface area contributed by atoms with Crippen LogP contribution in [-0.4, -0.2) is 74.9 Å². The van der Waals surface area contributed by atoms with Gasteiger partial charge in [-0.25, -0.2) is 4.57 Å². The van der Waals surface area contributed by atoms with Gasteiger partial charge in [0.05, 0.1) is 27.7 Å². The van der Waals surface area contributed by atoms with E-state index in [0.29, 0.717) is 17.4 Å². The molecule has 320 valence electrons. The smallest absolute Gasteiger partial charge is 0.462 e. The minimum Gasteiger partial charge on any atom is -0.462 e. The molecule has 0 aromatic carbocycles. The van der Waals surface area contributed by atoms with E-state index in [1.165, 1.54) is 122 Å². The Kier molecular flexibility index (Phi) is 36.5.